The van der Waals surface area contributed by atoms with E-state index in [1.165, 1.54) is 4.57 Å². The van der Waals surface area contributed by atoms with Crippen LogP contribution in [-0.2, 0) is 5.54 Å². The standard InChI is InChI=1S/C24H13NO3/c26-21-16-9-3-4-10-17(16)22(27)24(21)19-12-6-5-11-18(19)20-13-14-7-1-2-8-15(14)23(28)25(20)24/h1-13H. The van der Waals surface area contributed by atoms with E-state index in [4.69, 9.17) is 0 Å². The number of Topliss-reactive ketones (excluding diaryl/α,β-unsaturated/α-hetero) is 2. The summed E-state index contributed by atoms with van der Waals surface area (Å²) >= 11 is 0. The first-order valence-corrected chi connectivity index (χ1v) is 9.09. The Morgan fingerprint density at radius 1 is 0.643 bits per heavy atom. The first-order valence-electron chi connectivity index (χ1n) is 9.09. The lowest BCUT2D eigenvalue weighted by Crippen LogP contribution is -2.48. The van der Waals surface area contributed by atoms with Crippen LogP contribution in [0.4, 0.5) is 0 Å². The third-order valence-corrected chi connectivity index (χ3v) is 5.93. The SMILES string of the molecule is O=C1c2ccccc2C(=O)C12c1ccccc1-c1cc3ccccc3c(=O)n12. The van der Waals surface area contributed by atoms with E-state index >= 15 is 0 Å². The van der Waals surface area contributed by atoms with Crippen LogP contribution in [0, 0.1) is 0 Å². The van der Waals surface area contributed by atoms with Crippen molar-refractivity contribution in [2.24, 2.45) is 0 Å². The maximum absolute atomic E-state index is 13.7. The molecule has 0 atom stereocenters. The van der Waals surface area contributed by atoms with Crippen LogP contribution in [0.2, 0.25) is 0 Å². The summed E-state index contributed by atoms with van der Waals surface area (Å²) in [5.74, 6) is -0.673. The average molecular weight is 363 g/mol. The minimum Gasteiger partial charge on any atom is -0.291 e. The second kappa shape index (κ2) is 4.93. The van der Waals surface area contributed by atoms with Gasteiger partial charge in [-0.2, -0.15) is 0 Å². The quantitative estimate of drug-likeness (QED) is 0.447. The fourth-order valence-corrected chi connectivity index (χ4v) is 4.75. The number of carbonyl (C=O) groups is 2. The molecule has 0 unspecified atom stereocenters. The van der Waals surface area contributed by atoms with Gasteiger partial charge in [-0.1, -0.05) is 66.7 Å². The van der Waals surface area contributed by atoms with Crippen molar-refractivity contribution < 1.29 is 9.59 Å². The minimum atomic E-state index is -1.66. The van der Waals surface area contributed by atoms with Crippen LogP contribution in [0.25, 0.3) is 22.0 Å². The Labute approximate surface area is 159 Å². The molecule has 0 N–H and O–H groups in total. The fourth-order valence-electron chi connectivity index (χ4n) is 4.75. The highest BCUT2D eigenvalue weighted by Gasteiger charge is 2.60. The molecule has 4 aromatic rings. The van der Waals surface area contributed by atoms with Gasteiger partial charge in [0, 0.05) is 27.6 Å². The lowest BCUT2D eigenvalue weighted by molar-refractivity contribution is 0.0767. The Bertz CT molecular complexity index is 1390. The van der Waals surface area contributed by atoms with E-state index < -0.39 is 5.54 Å². The smallest absolute Gasteiger partial charge is 0.260 e. The molecular formula is C24H13NO3. The topological polar surface area (TPSA) is 56.1 Å². The molecule has 0 radical (unpaired) electrons. The van der Waals surface area contributed by atoms with Crippen LogP contribution >= 0.6 is 0 Å². The summed E-state index contributed by atoms with van der Waals surface area (Å²) in [4.78, 5) is 40.9. The Balaban J connectivity index is 1.85. The Hall–Kier alpha value is -3.79. The van der Waals surface area contributed by atoms with Gasteiger partial charge in [0.1, 0.15) is 0 Å². The third kappa shape index (κ3) is 1.51. The van der Waals surface area contributed by atoms with Gasteiger partial charge >= 0.3 is 0 Å². The molecule has 0 fully saturated rings. The van der Waals surface area contributed by atoms with E-state index in [1.54, 1.807) is 48.5 Å². The molecule has 6 rings (SSSR count). The molecule has 4 heteroatoms. The number of fused-ring (bicyclic) bond motifs is 7. The molecule has 2 heterocycles. The second-order valence-corrected chi connectivity index (χ2v) is 7.22. The van der Waals surface area contributed by atoms with E-state index in [0.717, 1.165) is 10.9 Å². The van der Waals surface area contributed by atoms with Crippen molar-refractivity contribution in [3.05, 3.63) is 106 Å². The second-order valence-electron chi connectivity index (χ2n) is 7.22. The maximum Gasteiger partial charge on any atom is 0.260 e. The van der Waals surface area contributed by atoms with Gasteiger partial charge in [-0.15, -0.1) is 0 Å². The molecule has 132 valence electrons. The number of hydrogen-bond acceptors (Lipinski definition) is 3. The Morgan fingerprint density at radius 3 is 1.93 bits per heavy atom. The first-order chi connectivity index (χ1) is 13.7. The number of nitrogens with zero attached hydrogens (tertiary/aromatic N) is 1. The molecule has 0 saturated heterocycles. The zero-order chi connectivity index (χ0) is 19.0. The molecule has 1 aliphatic heterocycles. The van der Waals surface area contributed by atoms with Crippen molar-refractivity contribution >= 4 is 22.3 Å². The number of benzene rings is 3. The Kier molecular flexibility index (Phi) is 2.69. The average Bonchev–Trinajstić information content (AvgIpc) is 3.15. The van der Waals surface area contributed by atoms with Gasteiger partial charge in [-0.05, 0) is 17.5 Å². The van der Waals surface area contributed by atoms with Gasteiger partial charge in [0.25, 0.3) is 5.56 Å². The van der Waals surface area contributed by atoms with E-state index in [-0.39, 0.29) is 17.1 Å². The number of aromatic nitrogens is 1. The highest BCUT2D eigenvalue weighted by Crippen LogP contribution is 2.50. The van der Waals surface area contributed by atoms with Gasteiger partial charge in [-0.3, -0.25) is 19.0 Å². The summed E-state index contributed by atoms with van der Waals surface area (Å²) in [6.07, 6.45) is 0. The highest BCUT2D eigenvalue weighted by molar-refractivity contribution is 6.34. The molecule has 0 saturated carbocycles. The summed E-state index contributed by atoms with van der Waals surface area (Å²) in [5, 5.41) is 1.29. The predicted molar refractivity (Wildman–Crippen MR) is 106 cm³/mol. The number of carbonyl (C=O) groups excluding carboxylic acids is 2. The molecular weight excluding hydrogens is 350 g/mol. The molecule has 0 bridgehead atoms. The number of rotatable bonds is 0. The van der Waals surface area contributed by atoms with Crippen molar-refractivity contribution in [2.45, 2.75) is 5.54 Å². The summed E-state index contributed by atoms with van der Waals surface area (Å²) in [6.45, 7) is 0. The van der Waals surface area contributed by atoms with Gasteiger partial charge in [0.05, 0.1) is 5.69 Å². The lowest BCUT2D eigenvalue weighted by Gasteiger charge is -2.25. The molecule has 2 aliphatic rings. The van der Waals surface area contributed by atoms with Crippen LogP contribution in [0.3, 0.4) is 0 Å². The van der Waals surface area contributed by atoms with Crippen molar-refractivity contribution in [1.29, 1.82) is 0 Å². The number of ketones is 2. The van der Waals surface area contributed by atoms with Gasteiger partial charge in [0.2, 0.25) is 11.6 Å². The fraction of sp³-hybridized carbons (Fsp3) is 0.0417. The highest BCUT2D eigenvalue weighted by atomic mass is 16.2. The molecule has 4 nitrogen and oxygen atoms in total. The minimum absolute atomic E-state index is 0.321. The zero-order valence-corrected chi connectivity index (χ0v) is 14.7. The third-order valence-electron chi connectivity index (χ3n) is 5.93. The van der Waals surface area contributed by atoms with Gasteiger partial charge in [-0.25, -0.2) is 0 Å². The normalized spacial score (nSPS) is 15.7. The van der Waals surface area contributed by atoms with Crippen molar-refractivity contribution in [2.75, 3.05) is 0 Å². The summed E-state index contributed by atoms with van der Waals surface area (Å²) in [6, 6.07) is 23.3. The van der Waals surface area contributed by atoms with Crippen molar-refractivity contribution in [1.82, 2.24) is 4.57 Å². The van der Waals surface area contributed by atoms with E-state index in [2.05, 4.69) is 0 Å². The van der Waals surface area contributed by atoms with Crippen LogP contribution < -0.4 is 5.56 Å². The molecule has 0 amide bonds. The first kappa shape index (κ1) is 15.3. The molecule has 1 aromatic heterocycles. The number of pyridine rings is 1. The molecule has 1 aliphatic carbocycles. The van der Waals surface area contributed by atoms with Crippen LogP contribution in [0.1, 0.15) is 26.3 Å². The van der Waals surface area contributed by atoms with Crippen LogP contribution in [0.15, 0.2) is 83.7 Å². The lowest BCUT2D eigenvalue weighted by atomic mass is 9.85. The van der Waals surface area contributed by atoms with Crippen molar-refractivity contribution in [3.8, 4) is 11.3 Å². The van der Waals surface area contributed by atoms with Crippen LogP contribution in [-0.4, -0.2) is 16.1 Å². The van der Waals surface area contributed by atoms with E-state index in [9.17, 15) is 14.4 Å². The van der Waals surface area contributed by atoms with E-state index in [0.29, 0.717) is 27.8 Å². The zero-order valence-electron chi connectivity index (χ0n) is 14.7. The monoisotopic (exact) mass is 363 g/mol. The van der Waals surface area contributed by atoms with Gasteiger partial charge < -0.3 is 0 Å². The van der Waals surface area contributed by atoms with E-state index in [1.807, 2.05) is 30.3 Å². The summed E-state index contributed by atoms with van der Waals surface area (Å²) in [7, 11) is 0. The predicted octanol–water partition coefficient (Wildman–Crippen LogP) is 3.80. The Morgan fingerprint density at radius 2 is 1.21 bits per heavy atom. The summed E-state index contributed by atoms with van der Waals surface area (Å²) < 4.78 is 1.42. The van der Waals surface area contributed by atoms with Gasteiger partial charge in [0.15, 0.2) is 5.54 Å². The number of hydrogen-bond donors (Lipinski definition) is 0. The van der Waals surface area contributed by atoms with Crippen LogP contribution in [0.5, 0.6) is 0 Å². The summed E-state index contributed by atoms with van der Waals surface area (Å²) in [5.41, 5.74) is 0.697. The maximum atomic E-state index is 13.7. The van der Waals surface area contributed by atoms with Crippen molar-refractivity contribution in [3.63, 3.8) is 0 Å². The molecule has 28 heavy (non-hydrogen) atoms. The molecule has 3 aromatic carbocycles. The largest absolute Gasteiger partial charge is 0.291 e. The molecule has 1 spiro atoms.